The highest BCUT2D eigenvalue weighted by molar-refractivity contribution is 6.07. The molecule has 0 unspecified atom stereocenters. The van der Waals surface area contributed by atoms with E-state index in [4.69, 9.17) is 4.74 Å². The molecule has 0 spiro atoms. The molecular formula is C30H36O5. The van der Waals surface area contributed by atoms with Crippen LogP contribution >= 0.6 is 0 Å². The minimum absolute atomic E-state index is 0.0384. The highest BCUT2D eigenvalue weighted by Crippen LogP contribution is 2.31. The van der Waals surface area contributed by atoms with E-state index in [9.17, 15) is 20.1 Å². The maximum Gasteiger partial charge on any atom is 0.185 e. The molecule has 0 atom stereocenters. The molecule has 1 saturated carbocycles. The lowest BCUT2D eigenvalue weighted by molar-refractivity contribution is -0.111. The first kappa shape index (κ1) is 26.5. The van der Waals surface area contributed by atoms with Crippen LogP contribution in [0.15, 0.2) is 59.9 Å². The van der Waals surface area contributed by atoms with Crippen LogP contribution < -0.4 is 4.74 Å². The van der Waals surface area contributed by atoms with E-state index in [1.165, 1.54) is 12.5 Å². The molecule has 0 heterocycles. The summed E-state index contributed by atoms with van der Waals surface area (Å²) in [5.74, 6) is 0.904. The molecule has 0 radical (unpaired) electrons. The topological polar surface area (TPSA) is 87.0 Å². The Morgan fingerprint density at radius 1 is 0.943 bits per heavy atom. The van der Waals surface area contributed by atoms with Crippen LogP contribution in [0.1, 0.15) is 66.3 Å². The zero-order chi connectivity index (χ0) is 25.2. The van der Waals surface area contributed by atoms with Gasteiger partial charge in [0.05, 0.1) is 20.3 Å². The average molecular weight is 477 g/mol. The van der Waals surface area contributed by atoms with Crippen LogP contribution in [0.4, 0.5) is 0 Å². The van der Waals surface area contributed by atoms with Gasteiger partial charge >= 0.3 is 0 Å². The third-order valence-electron chi connectivity index (χ3n) is 6.69. The molecule has 3 N–H and O–H groups in total. The number of hydrogen-bond acceptors (Lipinski definition) is 5. The third kappa shape index (κ3) is 7.41. The normalized spacial score (nSPS) is 15.5. The molecule has 2 aromatic carbocycles. The Kier molecular flexibility index (Phi) is 9.88. The van der Waals surface area contributed by atoms with Crippen molar-refractivity contribution in [3.05, 3.63) is 87.7 Å². The first-order valence-corrected chi connectivity index (χ1v) is 12.3. The fourth-order valence-corrected chi connectivity index (χ4v) is 4.55. The van der Waals surface area contributed by atoms with E-state index in [1.807, 2.05) is 31.2 Å². The zero-order valence-electron chi connectivity index (χ0n) is 20.7. The minimum atomic E-state index is -0.205. The minimum Gasteiger partial charge on any atom is -0.508 e. The number of aryl methyl sites for hydroxylation is 1. The summed E-state index contributed by atoms with van der Waals surface area (Å²) in [5.41, 5.74) is 4.35. The summed E-state index contributed by atoms with van der Waals surface area (Å²) in [7, 11) is 1.62. The van der Waals surface area contributed by atoms with Crippen molar-refractivity contribution in [2.75, 3.05) is 7.11 Å². The van der Waals surface area contributed by atoms with Crippen molar-refractivity contribution in [1.82, 2.24) is 0 Å². The summed E-state index contributed by atoms with van der Waals surface area (Å²) in [5, 5.41) is 29.9. The van der Waals surface area contributed by atoms with E-state index in [2.05, 4.69) is 0 Å². The molecule has 3 rings (SSSR count). The number of methoxy groups -OCH3 is 1. The molecule has 35 heavy (non-hydrogen) atoms. The Hall–Kier alpha value is -3.15. The second kappa shape index (κ2) is 13.1. The van der Waals surface area contributed by atoms with Gasteiger partial charge in [0.1, 0.15) is 11.5 Å². The third-order valence-corrected chi connectivity index (χ3v) is 6.69. The number of carbonyl (C=O) groups excluding carboxylic acids is 1. The quantitative estimate of drug-likeness (QED) is 0.220. The molecule has 0 bridgehead atoms. The summed E-state index contributed by atoms with van der Waals surface area (Å²) < 4.78 is 5.38. The van der Waals surface area contributed by atoms with Gasteiger partial charge in [-0.05, 0) is 71.4 Å². The van der Waals surface area contributed by atoms with Crippen LogP contribution in [0, 0.1) is 12.8 Å². The Balaban J connectivity index is 1.87. The number of carbonyl (C=O) groups is 1. The van der Waals surface area contributed by atoms with Crippen molar-refractivity contribution in [3.63, 3.8) is 0 Å². The van der Waals surface area contributed by atoms with Crippen LogP contribution in [0.5, 0.6) is 5.75 Å². The molecule has 1 aliphatic rings. The summed E-state index contributed by atoms with van der Waals surface area (Å²) in [4.78, 5) is 13.2. The molecule has 5 nitrogen and oxygen atoms in total. The molecule has 2 aromatic rings. The second-order valence-corrected chi connectivity index (χ2v) is 9.18. The van der Waals surface area contributed by atoms with E-state index < -0.39 is 0 Å². The molecule has 0 amide bonds. The fraction of sp³-hybridized carbons (Fsp3) is 0.367. The molecule has 1 fully saturated rings. The number of ketones is 1. The number of aliphatic hydroxyl groups is 3. The molecular weight excluding hydrogens is 440 g/mol. The number of ether oxygens (including phenoxy) is 1. The summed E-state index contributed by atoms with van der Waals surface area (Å²) in [6, 6.07) is 11.1. The molecule has 0 aliphatic heterocycles. The van der Waals surface area contributed by atoms with E-state index in [1.54, 1.807) is 37.5 Å². The highest BCUT2D eigenvalue weighted by Gasteiger charge is 2.20. The maximum atomic E-state index is 13.2. The Labute approximate surface area is 208 Å². The van der Waals surface area contributed by atoms with Gasteiger partial charge in [-0.25, -0.2) is 0 Å². The molecule has 0 saturated heterocycles. The van der Waals surface area contributed by atoms with Crippen molar-refractivity contribution in [3.8, 4) is 5.75 Å². The molecule has 186 valence electrons. The van der Waals surface area contributed by atoms with Crippen LogP contribution in [0.2, 0.25) is 0 Å². The smallest absolute Gasteiger partial charge is 0.185 e. The van der Waals surface area contributed by atoms with E-state index in [-0.39, 0.29) is 24.8 Å². The summed E-state index contributed by atoms with van der Waals surface area (Å²) in [6.07, 6.45) is 12.8. The monoisotopic (exact) mass is 476 g/mol. The zero-order valence-corrected chi connectivity index (χ0v) is 20.7. The number of benzene rings is 2. The van der Waals surface area contributed by atoms with Gasteiger partial charge in [-0.1, -0.05) is 68.5 Å². The van der Waals surface area contributed by atoms with Gasteiger partial charge in [0, 0.05) is 5.57 Å². The van der Waals surface area contributed by atoms with E-state index in [0.717, 1.165) is 48.1 Å². The van der Waals surface area contributed by atoms with Gasteiger partial charge in [0.2, 0.25) is 0 Å². The molecule has 1 aliphatic carbocycles. The van der Waals surface area contributed by atoms with Gasteiger partial charge in [-0.2, -0.15) is 0 Å². The lowest BCUT2D eigenvalue weighted by Gasteiger charge is -2.22. The molecule has 0 aromatic heterocycles. The largest absolute Gasteiger partial charge is 0.508 e. The van der Waals surface area contributed by atoms with Gasteiger partial charge in [-0.3, -0.25) is 4.79 Å². The van der Waals surface area contributed by atoms with Crippen molar-refractivity contribution in [2.24, 2.45) is 5.92 Å². The SMILES string of the molecule is COc1cc(/C=C/C(=O)C(CC2CCCCC2)=C(O)/C=C/c2ccc(CO)c(CO)c2)ccc1C. The maximum absolute atomic E-state index is 13.2. The Morgan fingerprint density at radius 3 is 2.29 bits per heavy atom. The van der Waals surface area contributed by atoms with Gasteiger partial charge in [0.25, 0.3) is 0 Å². The number of rotatable bonds is 10. The van der Waals surface area contributed by atoms with Gasteiger partial charge < -0.3 is 20.1 Å². The van der Waals surface area contributed by atoms with Crippen molar-refractivity contribution < 1.29 is 24.9 Å². The van der Waals surface area contributed by atoms with Gasteiger partial charge in [0.15, 0.2) is 5.78 Å². The number of aliphatic hydroxyl groups excluding tert-OH is 3. The Bertz CT molecular complexity index is 1100. The first-order valence-electron chi connectivity index (χ1n) is 12.3. The summed E-state index contributed by atoms with van der Waals surface area (Å²) >= 11 is 0. The van der Waals surface area contributed by atoms with Crippen molar-refractivity contribution in [2.45, 2.75) is 58.7 Å². The summed E-state index contributed by atoms with van der Waals surface area (Å²) in [6.45, 7) is 1.64. The Morgan fingerprint density at radius 2 is 1.60 bits per heavy atom. The van der Waals surface area contributed by atoms with Crippen LogP contribution in [0.3, 0.4) is 0 Å². The first-order chi connectivity index (χ1) is 16.9. The van der Waals surface area contributed by atoms with Crippen LogP contribution in [0.25, 0.3) is 12.2 Å². The lowest BCUT2D eigenvalue weighted by Crippen LogP contribution is -2.12. The van der Waals surface area contributed by atoms with Crippen LogP contribution in [-0.4, -0.2) is 28.2 Å². The highest BCUT2D eigenvalue weighted by atomic mass is 16.5. The molecule has 5 heteroatoms. The van der Waals surface area contributed by atoms with Crippen LogP contribution in [-0.2, 0) is 18.0 Å². The predicted octanol–water partition coefficient (Wildman–Crippen LogP) is 6.07. The lowest BCUT2D eigenvalue weighted by atomic mass is 9.83. The van der Waals surface area contributed by atoms with Gasteiger partial charge in [-0.15, -0.1) is 0 Å². The second-order valence-electron chi connectivity index (χ2n) is 9.18. The standard InChI is InChI=1S/C30H36O5/c1-21-8-9-24(18-30(21)35-2)12-15-29(34)27(17-22-6-4-3-5-7-22)28(33)14-11-23-10-13-25(19-31)26(16-23)20-32/h8-16,18,22,31-33H,3-7,17,19-20H2,1-2H3/b14-11+,15-12+,28-27?. The van der Waals surface area contributed by atoms with Crippen molar-refractivity contribution in [1.29, 1.82) is 0 Å². The average Bonchev–Trinajstić information content (AvgIpc) is 2.90. The number of hydrogen-bond donors (Lipinski definition) is 3. The fourth-order valence-electron chi connectivity index (χ4n) is 4.55. The number of allylic oxidation sites excluding steroid dienone is 3. The van der Waals surface area contributed by atoms with E-state index >= 15 is 0 Å². The van der Waals surface area contributed by atoms with Crippen molar-refractivity contribution >= 4 is 17.9 Å². The predicted molar refractivity (Wildman–Crippen MR) is 140 cm³/mol. The van der Waals surface area contributed by atoms with E-state index in [0.29, 0.717) is 29.0 Å².